The SMILES string of the molecule is CO[C@H]1CC[C@@H]1Cc1cc(NC(=O)N2CCCc3cc(CN4CC[C@@H](C)C4=O)c(C=O)nc32)ncc1C#N. The second-order valence-corrected chi connectivity index (χ2v) is 10.4. The van der Waals surface area contributed by atoms with Crippen molar-refractivity contribution in [3.8, 4) is 6.07 Å². The number of ether oxygens (including phenoxy) is 1. The lowest BCUT2D eigenvalue weighted by Crippen LogP contribution is -2.40. The number of urea groups is 1. The molecule has 0 aromatic carbocycles. The van der Waals surface area contributed by atoms with E-state index in [4.69, 9.17) is 4.74 Å². The number of rotatable bonds is 7. The van der Waals surface area contributed by atoms with E-state index in [0.29, 0.717) is 61.0 Å². The van der Waals surface area contributed by atoms with Crippen molar-refractivity contribution < 1.29 is 19.1 Å². The molecule has 2 aromatic heterocycles. The Morgan fingerprint density at radius 3 is 2.76 bits per heavy atom. The second-order valence-electron chi connectivity index (χ2n) is 10.4. The lowest BCUT2D eigenvalue weighted by Gasteiger charge is -2.35. The van der Waals surface area contributed by atoms with Crippen molar-refractivity contribution in [3.63, 3.8) is 0 Å². The fourth-order valence-corrected chi connectivity index (χ4v) is 5.62. The van der Waals surface area contributed by atoms with Crippen molar-refractivity contribution >= 4 is 29.9 Å². The summed E-state index contributed by atoms with van der Waals surface area (Å²) in [7, 11) is 1.70. The number of pyridine rings is 2. The van der Waals surface area contributed by atoms with Crippen LogP contribution in [0.15, 0.2) is 18.3 Å². The predicted octanol–water partition coefficient (Wildman–Crippen LogP) is 3.48. The molecular weight excluding hydrogens is 484 g/mol. The van der Waals surface area contributed by atoms with E-state index >= 15 is 0 Å². The van der Waals surface area contributed by atoms with Crippen molar-refractivity contribution in [1.82, 2.24) is 14.9 Å². The summed E-state index contributed by atoms with van der Waals surface area (Å²) >= 11 is 0. The van der Waals surface area contributed by atoms with E-state index in [0.717, 1.165) is 43.2 Å². The molecule has 4 heterocycles. The number of carbonyl (C=O) groups is 3. The second kappa shape index (κ2) is 10.9. The quantitative estimate of drug-likeness (QED) is 0.558. The fraction of sp³-hybridized carbons (Fsp3) is 0.500. The average molecular weight is 517 g/mol. The molecule has 0 spiro atoms. The van der Waals surface area contributed by atoms with Gasteiger partial charge in [0.25, 0.3) is 0 Å². The van der Waals surface area contributed by atoms with Crippen LogP contribution in [-0.2, 0) is 28.9 Å². The van der Waals surface area contributed by atoms with Crippen molar-refractivity contribution in [2.75, 3.05) is 30.4 Å². The van der Waals surface area contributed by atoms with Gasteiger partial charge in [-0.2, -0.15) is 5.26 Å². The van der Waals surface area contributed by atoms with Crippen LogP contribution in [-0.4, -0.2) is 59.4 Å². The van der Waals surface area contributed by atoms with Crippen molar-refractivity contribution in [1.29, 1.82) is 5.26 Å². The molecule has 1 saturated heterocycles. The summed E-state index contributed by atoms with van der Waals surface area (Å²) in [5.74, 6) is 1.23. The van der Waals surface area contributed by atoms with Gasteiger partial charge in [0.1, 0.15) is 23.4 Å². The third-order valence-corrected chi connectivity index (χ3v) is 8.04. The number of nitrogens with zero attached hydrogens (tertiary/aromatic N) is 5. The predicted molar refractivity (Wildman–Crippen MR) is 140 cm³/mol. The summed E-state index contributed by atoms with van der Waals surface area (Å²) in [5, 5.41) is 12.4. The largest absolute Gasteiger partial charge is 0.381 e. The third-order valence-electron chi connectivity index (χ3n) is 8.04. The van der Waals surface area contributed by atoms with Crippen LogP contribution in [0.3, 0.4) is 0 Å². The van der Waals surface area contributed by atoms with Gasteiger partial charge in [-0.15, -0.1) is 0 Å². The van der Waals surface area contributed by atoms with Gasteiger partial charge >= 0.3 is 6.03 Å². The Bertz CT molecular complexity index is 1300. The molecule has 1 N–H and O–H groups in total. The summed E-state index contributed by atoms with van der Waals surface area (Å²) < 4.78 is 5.50. The van der Waals surface area contributed by atoms with Gasteiger partial charge in [-0.05, 0) is 67.7 Å². The molecule has 3 amide bonds. The van der Waals surface area contributed by atoms with Gasteiger partial charge in [0.05, 0.1) is 11.7 Å². The minimum Gasteiger partial charge on any atom is -0.381 e. The van der Waals surface area contributed by atoms with Crippen LogP contribution in [0.1, 0.15) is 65.3 Å². The number of hydrogen-bond acceptors (Lipinski definition) is 7. The van der Waals surface area contributed by atoms with Crippen LogP contribution in [0.5, 0.6) is 0 Å². The van der Waals surface area contributed by atoms with Gasteiger partial charge in [-0.25, -0.2) is 14.8 Å². The maximum Gasteiger partial charge on any atom is 0.328 e. The minimum absolute atomic E-state index is 0.00840. The standard InChI is InChI=1S/C28H32N6O4/c1-17-7-9-33(27(17)36)15-21-11-19-4-3-8-34(26(19)31-23(21)16-35)28(37)32-25-12-20(22(13-29)14-30-25)10-18-5-6-24(18)38-2/h11-12,14,16-18,24H,3-10,15H2,1-2H3,(H,30,32,37)/t17-,18-,24+/m1/s1. The summed E-state index contributed by atoms with van der Waals surface area (Å²) in [6.45, 7) is 3.37. The molecule has 0 unspecified atom stereocenters. The maximum atomic E-state index is 13.3. The van der Waals surface area contributed by atoms with Crippen molar-refractivity contribution in [2.45, 2.75) is 58.1 Å². The topological polar surface area (TPSA) is 129 Å². The Kier molecular flexibility index (Phi) is 7.38. The highest BCUT2D eigenvalue weighted by Gasteiger charge is 2.32. The highest BCUT2D eigenvalue weighted by atomic mass is 16.5. The Morgan fingerprint density at radius 1 is 1.26 bits per heavy atom. The van der Waals surface area contributed by atoms with Crippen LogP contribution >= 0.6 is 0 Å². The molecule has 10 heteroatoms. The number of aryl methyl sites for hydroxylation is 1. The summed E-state index contributed by atoms with van der Waals surface area (Å²) in [5.41, 5.74) is 3.13. The molecule has 0 bridgehead atoms. The zero-order valence-corrected chi connectivity index (χ0v) is 21.8. The number of hydrogen-bond donors (Lipinski definition) is 1. The Morgan fingerprint density at radius 2 is 2.11 bits per heavy atom. The normalized spacial score (nSPS) is 22.4. The minimum atomic E-state index is -0.395. The van der Waals surface area contributed by atoms with E-state index in [-0.39, 0.29) is 23.6 Å². The number of fused-ring (bicyclic) bond motifs is 1. The Labute approximate surface area is 222 Å². The van der Waals surface area contributed by atoms with Crippen molar-refractivity contribution in [3.05, 3.63) is 46.3 Å². The maximum absolute atomic E-state index is 13.3. The molecule has 3 atom stereocenters. The smallest absolute Gasteiger partial charge is 0.328 e. The number of amides is 3. The first kappa shape index (κ1) is 25.8. The van der Waals surface area contributed by atoms with Gasteiger partial charge in [0.2, 0.25) is 5.91 Å². The zero-order valence-electron chi connectivity index (χ0n) is 21.8. The monoisotopic (exact) mass is 516 g/mol. The van der Waals surface area contributed by atoms with Gasteiger partial charge < -0.3 is 9.64 Å². The number of aromatic nitrogens is 2. The fourth-order valence-electron chi connectivity index (χ4n) is 5.62. The molecule has 1 saturated carbocycles. The molecule has 10 nitrogen and oxygen atoms in total. The number of anilines is 2. The van der Waals surface area contributed by atoms with E-state index in [1.54, 1.807) is 18.1 Å². The zero-order chi connectivity index (χ0) is 26.8. The lowest BCUT2D eigenvalue weighted by molar-refractivity contribution is -0.131. The van der Waals surface area contributed by atoms with E-state index < -0.39 is 6.03 Å². The molecule has 0 radical (unpaired) electrons. The number of carbonyl (C=O) groups excluding carboxylic acids is 3. The number of nitrogens with one attached hydrogen (secondary N) is 1. The molecule has 2 aliphatic heterocycles. The van der Waals surface area contributed by atoms with Crippen LogP contribution in [0.4, 0.5) is 16.4 Å². The van der Waals surface area contributed by atoms with E-state index in [1.807, 2.05) is 13.0 Å². The van der Waals surface area contributed by atoms with E-state index in [9.17, 15) is 19.6 Å². The first-order valence-electron chi connectivity index (χ1n) is 13.2. The Balaban J connectivity index is 1.35. The molecule has 2 fully saturated rings. The van der Waals surface area contributed by atoms with Gasteiger partial charge in [0, 0.05) is 44.4 Å². The Hall–Kier alpha value is -3.84. The number of nitriles is 1. The molecule has 198 valence electrons. The van der Waals surface area contributed by atoms with Crippen LogP contribution < -0.4 is 10.2 Å². The molecular formula is C28H32N6O4. The molecule has 2 aromatic rings. The molecule has 5 rings (SSSR count). The van der Waals surface area contributed by atoms with E-state index in [1.165, 1.54) is 11.1 Å². The summed E-state index contributed by atoms with van der Waals surface area (Å²) in [6, 6.07) is 5.46. The lowest BCUT2D eigenvalue weighted by atomic mass is 9.77. The average Bonchev–Trinajstić information content (AvgIpc) is 3.22. The van der Waals surface area contributed by atoms with Crippen LogP contribution in [0.2, 0.25) is 0 Å². The number of methoxy groups -OCH3 is 1. The number of aldehydes is 1. The van der Waals surface area contributed by atoms with Gasteiger partial charge in [0.15, 0.2) is 6.29 Å². The van der Waals surface area contributed by atoms with Crippen LogP contribution in [0, 0.1) is 23.2 Å². The highest BCUT2D eigenvalue weighted by Crippen LogP contribution is 2.34. The van der Waals surface area contributed by atoms with Crippen molar-refractivity contribution in [2.24, 2.45) is 11.8 Å². The first-order chi connectivity index (χ1) is 18.4. The molecule has 1 aliphatic carbocycles. The highest BCUT2D eigenvalue weighted by molar-refractivity contribution is 6.01. The van der Waals surface area contributed by atoms with Gasteiger partial charge in [-0.3, -0.25) is 19.8 Å². The summed E-state index contributed by atoms with van der Waals surface area (Å²) in [4.78, 5) is 49.8. The summed E-state index contributed by atoms with van der Waals surface area (Å²) in [6.07, 6.45) is 7.37. The molecule has 3 aliphatic rings. The van der Waals surface area contributed by atoms with Gasteiger partial charge in [-0.1, -0.05) is 6.92 Å². The third kappa shape index (κ3) is 4.98. The molecule has 38 heavy (non-hydrogen) atoms. The first-order valence-corrected chi connectivity index (χ1v) is 13.2. The van der Waals surface area contributed by atoms with Crippen LogP contribution in [0.25, 0.3) is 0 Å². The number of likely N-dealkylation sites (tertiary alicyclic amines) is 1. The van der Waals surface area contributed by atoms with E-state index in [2.05, 4.69) is 21.4 Å².